The minimum atomic E-state index is 0.402. The quantitative estimate of drug-likeness (QED) is 0.454. The van der Waals surface area contributed by atoms with Crippen molar-refractivity contribution in [2.45, 2.75) is 58.8 Å². The van der Waals surface area contributed by atoms with E-state index in [2.05, 4.69) is 86.7 Å². The van der Waals surface area contributed by atoms with Gasteiger partial charge in [-0.15, -0.1) is 0 Å². The Morgan fingerprint density at radius 1 is 0.731 bits per heavy atom. The Bertz CT molecular complexity index is 723. The van der Waals surface area contributed by atoms with Gasteiger partial charge in [0, 0.05) is 0 Å². The molecule has 0 saturated carbocycles. The number of unbranched alkanes of at least 4 members (excludes halogenated alkanes) is 2. The van der Waals surface area contributed by atoms with Gasteiger partial charge in [-0.3, -0.25) is 0 Å². The molecule has 0 aliphatic heterocycles. The summed E-state index contributed by atoms with van der Waals surface area (Å²) in [5.41, 5.74) is 5.69. The average molecular weight is 345 g/mol. The number of hydrogen-bond donors (Lipinski definition) is 0. The largest absolute Gasteiger partial charge is 0.0774 e. The third-order valence-corrected chi connectivity index (χ3v) is 5.73. The summed E-state index contributed by atoms with van der Waals surface area (Å²) < 4.78 is 0. The van der Waals surface area contributed by atoms with Crippen molar-refractivity contribution in [1.82, 2.24) is 0 Å². The molecule has 3 rings (SSSR count). The van der Waals surface area contributed by atoms with Crippen LogP contribution in [0, 0.1) is 5.41 Å². The van der Waals surface area contributed by atoms with Gasteiger partial charge in [0.2, 0.25) is 0 Å². The van der Waals surface area contributed by atoms with E-state index in [0.29, 0.717) is 5.41 Å². The van der Waals surface area contributed by atoms with E-state index in [9.17, 15) is 0 Å². The lowest BCUT2D eigenvalue weighted by Gasteiger charge is -2.33. The Hall–Kier alpha value is -2.08. The highest BCUT2D eigenvalue weighted by molar-refractivity contribution is 5.77. The van der Waals surface area contributed by atoms with Crippen molar-refractivity contribution < 1.29 is 0 Å². The van der Waals surface area contributed by atoms with E-state index in [4.69, 9.17) is 0 Å². The Morgan fingerprint density at radius 2 is 1.31 bits per heavy atom. The number of hydrogen-bond acceptors (Lipinski definition) is 0. The highest BCUT2D eigenvalue weighted by Crippen LogP contribution is 2.41. The van der Waals surface area contributed by atoms with Crippen molar-refractivity contribution in [2.75, 3.05) is 0 Å². The molecule has 0 unspecified atom stereocenters. The van der Waals surface area contributed by atoms with Gasteiger partial charge in [0.15, 0.2) is 0 Å². The average Bonchev–Trinajstić information content (AvgIpc) is 2.72. The van der Waals surface area contributed by atoms with E-state index >= 15 is 0 Å². The standard InChI is InChI=1S/C26H32/c1-3-5-18-26(19-6-4-2)20-16-25(17-21-26)24-14-12-23(13-15-24)22-10-8-7-9-11-22/h7-17,20H,3-6,18-19,21H2,1-2H3. The molecule has 0 amide bonds. The van der Waals surface area contributed by atoms with E-state index < -0.39 is 0 Å². The Labute approximate surface area is 159 Å². The van der Waals surface area contributed by atoms with Gasteiger partial charge >= 0.3 is 0 Å². The summed E-state index contributed by atoms with van der Waals surface area (Å²) in [7, 11) is 0. The summed E-state index contributed by atoms with van der Waals surface area (Å²) in [5, 5.41) is 0. The molecule has 0 atom stereocenters. The number of rotatable bonds is 8. The first-order chi connectivity index (χ1) is 12.8. The van der Waals surface area contributed by atoms with Crippen LogP contribution >= 0.6 is 0 Å². The summed E-state index contributed by atoms with van der Waals surface area (Å²) in [5.74, 6) is 0. The SMILES string of the molecule is CCCCC1(CCCC)C=CC(c2ccc(-c3ccccc3)cc2)=CC1. The molecule has 0 bridgehead atoms. The first-order valence-corrected chi connectivity index (χ1v) is 10.3. The molecule has 0 spiro atoms. The number of allylic oxidation sites excluding steroid dienone is 4. The molecule has 2 aromatic rings. The van der Waals surface area contributed by atoms with Gasteiger partial charge in [0.25, 0.3) is 0 Å². The molecule has 136 valence electrons. The van der Waals surface area contributed by atoms with Crippen LogP contribution in [0.25, 0.3) is 16.7 Å². The zero-order valence-corrected chi connectivity index (χ0v) is 16.4. The van der Waals surface area contributed by atoms with Gasteiger partial charge in [0.05, 0.1) is 0 Å². The fourth-order valence-corrected chi connectivity index (χ4v) is 3.97. The summed E-state index contributed by atoms with van der Waals surface area (Å²) in [4.78, 5) is 0. The van der Waals surface area contributed by atoms with Crippen molar-refractivity contribution in [1.29, 1.82) is 0 Å². The maximum atomic E-state index is 2.53. The third kappa shape index (κ3) is 4.55. The van der Waals surface area contributed by atoms with E-state index in [1.54, 1.807) is 0 Å². The molecule has 0 radical (unpaired) electrons. The highest BCUT2D eigenvalue weighted by atomic mass is 14.3. The minimum absolute atomic E-state index is 0.402. The van der Waals surface area contributed by atoms with Crippen LogP contribution in [0.5, 0.6) is 0 Å². The predicted octanol–water partition coefficient (Wildman–Crippen LogP) is 8.06. The van der Waals surface area contributed by atoms with Crippen molar-refractivity contribution in [3.63, 3.8) is 0 Å². The lowest BCUT2D eigenvalue weighted by atomic mass is 9.72. The molecular weight excluding hydrogens is 312 g/mol. The van der Waals surface area contributed by atoms with E-state index in [1.165, 1.54) is 67.2 Å². The Kier molecular flexibility index (Phi) is 6.50. The topological polar surface area (TPSA) is 0 Å². The summed E-state index contributed by atoms with van der Waals surface area (Å²) in [6.07, 6.45) is 16.5. The summed E-state index contributed by atoms with van der Waals surface area (Å²) in [6, 6.07) is 19.6. The molecule has 1 aliphatic carbocycles. The molecule has 26 heavy (non-hydrogen) atoms. The molecule has 1 aliphatic rings. The number of benzene rings is 2. The molecule has 0 heteroatoms. The van der Waals surface area contributed by atoms with Crippen LogP contribution in [0.2, 0.25) is 0 Å². The molecule has 0 nitrogen and oxygen atoms in total. The molecule has 0 N–H and O–H groups in total. The Morgan fingerprint density at radius 3 is 1.85 bits per heavy atom. The van der Waals surface area contributed by atoms with Crippen molar-refractivity contribution in [2.24, 2.45) is 5.41 Å². The maximum absolute atomic E-state index is 2.53. The monoisotopic (exact) mass is 344 g/mol. The smallest absolute Gasteiger partial charge is 0.00801 e. The van der Waals surface area contributed by atoms with Gasteiger partial charge < -0.3 is 0 Å². The first kappa shape index (κ1) is 18.7. The molecule has 0 saturated heterocycles. The van der Waals surface area contributed by atoms with Gasteiger partial charge in [-0.1, -0.05) is 112 Å². The highest BCUT2D eigenvalue weighted by Gasteiger charge is 2.27. The fourth-order valence-electron chi connectivity index (χ4n) is 3.97. The molecule has 2 aromatic carbocycles. The van der Waals surface area contributed by atoms with Crippen LogP contribution in [0.1, 0.15) is 64.4 Å². The van der Waals surface area contributed by atoms with Gasteiger partial charge in [-0.2, -0.15) is 0 Å². The maximum Gasteiger partial charge on any atom is -0.00801 e. The molecule has 0 heterocycles. The summed E-state index contributed by atoms with van der Waals surface area (Å²) >= 11 is 0. The van der Waals surface area contributed by atoms with Crippen molar-refractivity contribution in [3.8, 4) is 11.1 Å². The normalized spacial score (nSPS) is 15.7. The molecule has 0 aromatic heterocycles. The first-order valence-electron chi connectivity index (χ1n) is 10.3. The van der Waals surface area contributed by atoms with E-state index in [0.717, 1.165) is 0 Å². The van der Waals surface area contributed by atoms with Crippen LogP contribution in [0.4, 0.5) is 0 Å². The second kappa shape index (κ2) is 9.03. The zero-order valence-electron chi connectivity index (χ0n) is 16.4. The second-order valence-electron chi connectivity index (χ2n) is 7.71. The van der Waals surface area contributed by atoms with Crippen LogP contribution in [-0.2, 0) is 0 Å². The van der Waals surface area contributed by atoms with Gasteiger partial charge in [-0.05, 0) is 46.9 Å². The fraction of sp³-hybridized carbons (Fsp3) is 0.385. The zero-order chi connectivity index (χ0) is 18.2. The lowest BCUT2D eigenvalue weighted by molar-refractivity contribution is 0.304. The minimum Gasteiger partial charge on any atom is -0.0774 e. The van der Waals surface area contributed by atoms with Gasteiger partial charge in [-0.25, -0.2) is 0 Å². The van der Waals surface area contributed by atoms with Crippen molar-refractivity contribution in [3.05, 3.63) is 78.4 Å². The second-order valence-corrected chi connectivity index (χ2v) is 7.71. The summed E-state index contributed by atoms with van der Waals surface area (Å²) in [6.45, 7) is 4.60. The van der Waals surface area contributed by atoms with E-state index in [1.807, 2.05) is 0 Å². The lowest BCUT2D eigenvalue weighted by Crippen LogP contribution is -2.19. The third-order valence-electron chi connectivity index (χ3n) is 5.73. The van der Waals surface area contributed by atoms with Crippen LogP contribution in [-0.4, -0.2) is 0 Å². The predicted molar refractivity (Wildman–Crippen MR) is 115 cm³/mol. The Balaban J connectivity index is 1.73. The molecule has 0 fully saturated rings. The van der Waals surface area contributed by atoms with Crippen molar-refractivity contribution >= 4 is 5.57 Å². The molecular formula is C26H32. The van der Waals surface area contributed by atoms with Crippen LogP contribution in [0.3, 0.4) is 0 Å². The van der Waals surface area contributed by atoms with Crippen LogP contribution in [0.15, 0.2) is 72.8 Å². The van der Waals surface area contributed by atoms with Gasteiger partial charge in [0.1, 0.15) is 0 Å². The van der Waals surface area contributed by atoms with E-state index in [-0.39, 0.29) is 0 Å². The van der Waals surface area contributed by atoms with Crippen LogP contribution < -0.4 is 0 Å².